The average Bonchev–Trinajstić information content (AvgIpc) is 3.43. The normalized spacial score (nSPS) is 29.8. The number of hydrogen-bond acceptors (Lipinski definition) is 0. The van der Waals surface area contributed by atoms with Gasteiger partial charge < -0.3 is 0 Å². The Kier molecular flexibility index (Phi) is 25.1. The van der Waals surface area contributed by atoms with Crippen molar-refractivity contribution in [2.75, 3.05) is 0 Å². The zero-order chi connectivity index (χ0) is 18.8. The minimum absolute atomic E-state index is 0.628. The number of rotatable bonds is 0. The molecule has 0 heterocycles. The SMILES string of the molecule is C1CC2CCC1C2.C1CC2CCC1C2.CC.CC.CCC.[I][V][I]. The van der Waals surface area contributed by atoms with Crippen LogP contribution in [0.25, 0.3) is 0 Å². The van der Waals surface area contributed by atoms with Crippen molar-refractivity contribution in [1.82, 2.24) is 0 Å². The molecule has 0 radical (unpaired) electrons. The molecule has 0 N–H and O–H groups in total. The molecule has 4 aliphatic rings. The van der Waals surface area contributed by atoms with Gasteiger partial charge in [0.25, 0.3) is 0 Å². The Labute approximate surface area is 183 Å². The molecule has 0 aliphatic heterocycles. The van der Waals surface area contributed by atoms with Gasteiger partial charge in [-0.05, 0) is 36.5 Å². The van der Waals surface area contributed by atoms with E-state index >= 15 is 0 Å². The van der Waals surface area contributed by atoms with Crippen molar-refractivity contribution in [3.05, 3.63) is 0 Å². The van der Waals surface area contributed by atoms with Crippen LogP contribution in [-0.4, -0.2) is 0 Å². The molecule has 0 aromatic heterocycles. The second kappa shape index (κ2) is 21.3. The van der Waals surface area contributed by atoms with Gasteiger partial charge in [-0.2, -0.15) is 0 Å². The Morgan fingerprint density at radius 2 is 0.708 bits per heavy atom. The first-order valence-electron chi connectivity index (χ1n) is 10.7. The van der Waals surface area contributed by atoms with Gasteiger partial charge in [-0.15, -0.1) is 0 Å². The third-order valence-electron chi connectivity index (χ3n) is 5.27. The fraction of sp³-hybridized carbons (Fsp3) is 1.00. The van der Waals surface area contributed by atoms with E-state index in [1.807, 2.05) is 27.7 Å². The summed E-state index contributed by atoms with van der Waals surface area (Å²) in [5.41, 5.74) is 0. The molecular formula is C21H44I2V. The molecule has 4 aliphatic carbocycles. The molecule has 0 aromatic rings. The van der Waals surface area contributed by atoms with Gasteiger partial charge >= 0.3 is 49.4 Å². The average molecular weight is 601 g/mol. The Bertz CT molecular complexity index is 176. The van der Waals surface area contributed by atoms with E-state index in [1.165, 1.54) is 30.1 Å². The molecule has 0 spiro atoms. The molecular weight excluding hydrogens is 557 g/mol. The Morgan fingerprint density at radius 1 is 0.583 bits per heavy atom. The van der Waals surface area contributed by atoms with E-state index in [9.17, 15) is 0 Å². The van der Waals surface area contributed by atoms with Gasteiger partial charge in [0.15, 0.2) is 0 Å². The van der Waals surface area contributed by atoms with Crippen LogP contribution >= 0.6 is 40.0 Å². The van der Waals surface area contributed by atoms with Crippen LogP contribution in [0, 0.1) is 23.7 Å². The summed E-state index contributed by atoms with van der Waals surface area (Å²) < 4.78 is 0. The molecule has 4 saturated carbocycles. The molecule has 0 aromatic carbocycles. The third kappa shape index (κ3) is 14.1. The van der Waals surface area contributed by atoms with Crippen LogP contribution in [0.3, 0.4) is 0 Å². The number of halogens is 2. The van der Waals surface area contributed by atoms with E-state index in [2.05, 4.69) is 53.8 Å². The van der Waals surface area contributed by atoms with Crippen LogP contribution < -0.4 is 0 Å². The van der Waals surface area contributed by atoms with Crippen LogP contribution in [0.5, 0.6) is 0 Å². The molecule has 3 heteroatoms. The predicted molar refractivity (Wildman–Crippen MR) is 127 cm³/mol. The molecule has 24 heavy (non-hydrogen) atoms. The van der Waals surface area contributed by atoms with E-state index in [4.69, 9.17) is 0 Å². The second-order valence-corrected chi connectivity index (χ2v) is 18.8. The molecule has 0 saturated heterocycles. The molecule has 4 bridgehead atoms. The number of fused-ring (bicyclic) bond motifs is 4. The zero-order valence-corrected chi connectivity index (χ0v) is 23.0. The van der Waals surface area contributed by atoms with Crippen molar-refractivity contribution >= 4 is 40.0 Å². The first-order chi connectivity index (χ1) is 11.7. The van der Waals surface area contributed by atoms with Crippen molar-refractivity contribution < 1.29 is 9.47 Å². The van der Waals surface area contributed by atoms with Crippen molar-refractivity contribution in [2.24, 2.45) is 23.7 Å². The van der Waals surface area contributed by atoms with Crippen LogP contribution in [0.2, 0.25) is 0 Å². The predicted octanol–water partition coefficient (Wildman–Crippen LogP) is 9.63. The second-order valence-electron chi connectivity index (χ2n) is 7.02. The van der Waals surface area contributed by atoms with Gasteiger partial charge in [0.2, 0.25) is 0 Å². The molecule has 0 atom stereocenters. The maximum atomic E-state index is 2.37. The first kappa shape index (κ1) is 28.3. The van der Waals surface area contributed by atoms with E-state index in [0.717, 1.165) is 0 Å². The third-order valence-corrected chi connectivity index (χ3v) is 5.27. The fourth-order valence-electron chi connectivity index (χ4n) is 4.35. The summed E-state index contributed by atoms with van der Waals surface area (Å²) in [4.78, 5) is 0. The summed E-state index contributed by atoms with van der Waals surface area (Å²) in [6, 6.07) is 0. The monoisotopic (exact) mass is 601 g/mol. The fourth-order valence-corrected chi connectivity index (χ4v) is 4.35. The van der Waals surface area contributed by atoms with Crippen molar-refractivity contribution in [3.8, 4) is 0 Å². The summed E-state index contributed by atoms with van der Waals surface area (Å²) in [5.74, 6) is 4.69. The summed E-state index contributed by atoms with van der Waals surface area (Å²) in [5, 5.41) is 0. The van der Waals surface area contributed by atoms with Crippen molar-refractivity contribution in [2.45, 2.75) is 112 Å². The van der Waals surface area contributed by atoms with Gasteiger partial charge in [-0.25, -0.2) is 0 Å². The Balaban J connectivity index is 0. The molecule has 0 nitrogen and oxygen atoms in total. The van der Waals surface area contributed by atoms with E-state index in [-0.39, 0.29) is 0 Å². The van der Waals surface area contributed by atoms with Crippen LogP contribution in [-0.2, 0) is 9.47 Å². The quantitative estimate of drug-likeness (QED) is 0.243. The zero-order valence-electron chi connectivity index (χ0n) is 17.3. The molecule has 147 valence electrons. The maximum absolute atomic E-state index is 2.37. The number of hydrogen-bond donors (Lipinski definition) is 0. The Hall–Kier alpha value is 2.04. The topological polar surface area (TPSA) is 0 Å². The molecule has 4 rings (SSSR count). The minimum atomic E-state index is 0.628. The van der Waals surface area contributed by atoms with E-state index in [0.29, 0.717) is 9.47 Å². The summed E-state index contributed by atoms with van der Waals surface area (Å²) >= 11 is 4.74. The van der Waals surface area contributed by atoms with E-state index < -0.39 is 0 Å². The van der Waals surface area contributed by atoms with Gasteiger partial charge in [0.1, 0.15) is 0 Å². The van der Waals surface area contributed by atoms with Crippen molar-refractivity contribution in [3.63, 3.8) is 0 Å². The standard InChI is InChI=1S/2C7H12.C3H8.2C2H6.2HI.V/c2*1-2-7-4-3-6(1)5-7;1-3-2;2*1-2;;;/h2*6-7H,1-5H2;3H2,1-2H3;2*1-2H3;2*1H;/q;;;;;;;+2/p-2. The molecule has 4 fully saturated rings. The summed E-state index contributed by atoms with van der Waals surface area (Å²) in [6.45, 7) is 12.2. The Morgan fingerprint density at radius 3 is 0.750 bits per heavy atom. The van der Waals surface area contributed by atoms with Crippen LogP contribution in [0.4, 0.5) is 0 Å². The summed E-state index contributed by atoms with van der Waals surface area (Å²) in [7, 11) is 0.628. The molecule has 0 unspecified atom stereocenters. The first-order valence-corrected chi connectivity index (χ1v) is 19.7. The van der Waals surface area contributed by atoms with E-state index in [1.54, 1.807) is 64.2 Å². The molecule has 0 amide bonds. The van der Waals surface area contributed by atoms with Crippen molar-refractivity contribution in [1.29, 1.82) is 0 Å². The van der Waals surface area contributed by atoms with Crippen LogP contribution in [0.15, 0.2) is 0 Å². The van der Waals surface area contributed by atoms with Gasteiger partial charge in [-0.3, -0.25) is 0 Å². The van der Waals surface area contributed by atoms with Crippen LogP contribution in [0.1, 0.15) is 112 Å². The van der Waals surface area contributed by atoms with Gasteiger partial charge in [0, 0.05) is 0 Å². The van der Waals surface area contributed by atoms with Gasteiger partial charge in [-0.1, -0.05) is 99.3 Å². The summed E-state index contributed by atoms with van der Waals surface area (Å²) in [6.07, 6.45) is 16.9. The van der Waals surface area contributed by atoms with Gasteiger partial charge in [0.05, 0.1) is 0 Å².